The maximum atomic E-state index is 2.58. The quantitative estimate of drug-likeness (QED) is 0.579. The van der Waals surface area contributed by atoms with E-state index in [2.05, 4.69) is 25.8 Å². The van der Waals surface area contributed by atoms with E-state index in [1.807, 2.05) is 0 Å². The number of rotatable bonds is 1. The molecule has 0 radical (unpaired) electrons. The first-order valence-electron chi connectivity index (χ1n) is 5.38. The first kappa shape index (κ1) is 8.55. The van der Waals surface area contributed by atoms with Gasteiger partial charge in [0.25, 0.3) is 0 Å². The van der Waals surface area contributed by atoms with Crippen molar-refractivity contribution in [1.82, 2.24) is 4.90 Å². The van der Waals surface area contributed by atoms with E-state index < -0.39 is 0 Å². The molecule has 1 aliphatic carbocycles. The number of piperidine rings is 2. The van der Waals surface area contributed by atoms with E-state index >= 15 is 0 Å². The van der Waals surface area contributed by atoms with Gasteiger partial charge in [-0.1, -0.05) is 13.8 Å². The van der Waals surface area contributed by atoms with E-state index in [-0.39, 0.29) is 0 Å². The molecule has 3 fully saturated rings. The average molecular weight is 167 g/mol. The molecule has 2 bridgehead atoms. The van der Waals surface area contributed by atoms with E-state index in [1.54, 1.807) is 0 Å². The van der Waals surface area contributed by atoms with Crippen LogP contribution in [0.3, 0.4) is 0 Å². The SMILES string of the molecule is CC(C)C1C[C@H]2CC[C@@H]1CN2C. The van der Waals surface area contributed by atoms with Crippen molar-refractivity contribution >= 4 is 0 Å². The van der Waals surface area contributed by atoms with Gasteiger partial charge in [0.05, 0.1) is 0 Å². The van der Waals surface area contributed by atoms with Crippen LogP contribution in [-0.4, -0.2) is 24.5 Å². The average Bonchev–Trinajstić information content (AvgIpc) is 2.04. The van der Waals surface area contributed by atoms with Crippen molar-refractivity contribution in [3.63, 3.8) is 0 Å². The third kappa shape index (κ3) is 1.28. The minimum atomic E-state index is 0.909. The molecule has 1 unspecified atom stereocenters. The summed E-state index contributed by atoms with van der Waals surface area (Å²) in [5, 5.41) is 0. The van der Waals surface area contributed by atoms with Gasteiger partial charge in [-0.05, 0) is 44.1 Å². The zero-order valence-electron chi connectivity index (χ0n) is 8.59. The molecule has 0 spiro atoms. The van der Waals surface area contributed by atoms with Crippen LogP contribution in [0.25, 0.3) is 0 Å². The Kier molecular flexibility index (Phi) is 2.16. The number of hydrogen-bond donors (Lipinski definition) is 0. The van der Waals surface area contributed by atoms with Crippen molar-refractivity contribution in [2.75, 3.05) is 13.6 Å². The van der Waals surface area contributed by atoms with Crippen molar-refractivity contribution in [3.05, 3.63) is 0 Å². The molecule has 2 saturated heterocycles. The summed E-state index contributed by atoms with van der Waals surface area (Å²) in [4.78, 5) is 2.58. The molecule has 0 amide bonds. The Morgan fingerprint density at radius 2 is 2.00 bits per heavy atom. The van der Waals surface area contributed by atoms with Crippen molar-refractivity contribution in [3.8, 4) is 0 Å². The highest BCUT2D eigenvalue weighted by Gasteiger charge is 2.39. The van der Waals surface area contributed by atoms with Gasteiger partial charge in [-0.2, -0.15) is 0 Å². The predicted octanol–water partition coefficient (Wildman–Crippen LogP) is 2.37. The van der Waals surface area contributed by atoms with Gasteiger partial charge >= 0.3 is 0 Å². The van der Waals surface area contributed by atoms with Crippen LogP contribution in [0.2, 0.25) is 0 Å². The lowest BCUT2D eigenvalue weighted by Gasteiger charge is -2.49. The number of hydrogen-bond acceptors (Lipinski definition) is 1. The summed E-state index contributed by atoms with van der Waals surface area (Å²) in [5.74, 6) is 2.95. The Morgan fingerprint density at radius 1 is 1.25 bits per heavy atom. The lowest BCUT2D eigenvalue weighted by atomic mass is 9.68. The predicted molar refractivity (Wildman–Crippen MR) is 52.1 cm³/mol. The summed E-state index contributed by atoms with van der Waals surface area (Å²) in [6, 6.07) is 0.919. The normalized spacial score (nSPS) is 42.5. The molecule has 3 aliphatic rings. The van der Waals surface area contributed by atoms with E-state index in [4.69, 9.17) is 0 Å². The van der Waals surface area contributed by atoms with Gasteiger partial charge in [-0.3, -0.25) is 0 Å². The number of nitrogens with zero attached hydrogens (tertiary/aromatic N) is 1. The van der Waals surface area contributed by atoms with Crippen LogP contribution in [-0.2, 0) is 0 Å². The molecule has 0 aromatic rings. The maximum absolute atomic E-state index is 2.58. The Morgan fingerprint density at radius 3 is 2.42 bits per heavy atom. The highest BCUT2D eigenvalue weighted by molar-refractivity contribution is 4.92. The molecule has 0 aromatic carbocycles. The van der Waals surface area contributed by atoms with Crippen LogP contribution in [0.15, 0.2) is 0 Å². The highest BCUT2D eigenvalue weighted by Crippen LogP contribution is 2.41. The van der Waals surface area contributed by atoms with Gasteiger partial charge in [-0.25, -0.2) is 0 Å². The van der Waals surface area contributed by atoms with E-state index in [1.165, 1.54) is 25.8 Å². The second-order valence-electron chi connectivity index (χ2n) is 5.07. The summed E-state index contributed by atoms with van der Waals surface area (Å²) in [6.07, 6.45) is 4.43. The van der Waals surface area contributed by atoms with Gasteiger partial charge in [0, 0.05) is 12.6 Å². The molecule has 1 heteroatoms. The molecular formula is C11H21N. The van der Waals surface area contributed by atoms with Crippen molar-refractivity contribution in [2.45, 2.75) is 39.2 Å². The van der Waals surface area contributed by atoms with Crippen LogP contribution in [0.1, 0.15) is 33.1 Å². The minimum Gasteiger partial charge on any atom is -0.303 e. The molecule has 0 N–H and O–H groups in total. The molecule has 3 atom stereocenters. The Bertz CT molecular complexity index is 164. The van der Waals surface area contributed by atoms with Gasteiger partial charge < -0.3 is 4.90 Å². The Hall–Kier alpha value is -0.0400. The molecular weight excluding hydrogens is 146 g/mol. The molecule has 70 valence electrons. The van der Waals surface area contributed by atoms with Crippen molar-refractivity contribution < 1.29 is 0 Å². The molecule has 2 aliphatic heterocycles. The largest absolute Gasteiger partial charge is 0.303 e. The smallest absolute Gasteiger partial charge is 0.00952 e. The molecule has 12 heavy (non-hydrogen) atoms. The highest BCUT2D eigenvalue weighted by atomic mass is 15.1. The third-order valence-corrected chi connectivity index (χ3v) is 4.02. The Balaban J connectivity index is 2.05. The number of fused-ring (bicyclic) bond motifs is 3. The van der Waals surface area contributed by atoms with Gasteiger partial charge in [0.15, 0.2) is 0 Å². The Labute approximate surface area is 76.1 Å². The van der Waals surface area contributed by atoms with Gasteiger partial charge in [0.2, 0.25) is 0 Å². The standard InChI is InChI=1S/C11H21N/c1-8(2)11-6-10-5-4-9(11)7-12(10)3/h8-11H,4-7H2,1-3H3/t9-,10-,11?/m1/s1. The monoisotopic (exact) mass is 167 g/mol. The van der Waals surface area contributed by atoms with Crippen LogP contribution < -0.4 is 0 Å². The van der Waals surface area contributed by atoms with E-state index in [0.29, 0.717) is 0 Å². The topological polar surface area (TPSA) is 3.24 Å². The fourth-order valence-electron chi connectivity index (χ4n) is 3.21. The summed E-state index contributed by atoms with van der Waals surface area (Å²) >= 11 is 0. The zero-order chi connectivity index (χ0) is 8.72. The fourth-order valence-corrected chi connectivity index (χ4v) is 3.21. The van der Waals surface area contributed by atoms with Crippen LogP contribution >= 0.6 is 0 Å². The van der Waals surface area contributed by atoms with Gasteiger partial charge in [0.1, 0.15) is 0 Å². The zero-order valence-corrected chi connectivity index (χ0v) is 8.59. The summed E-state index contributed by atoms with van der Waals surface area (Å²) in [6.45, 7) is 6.16. The van der Waals surface area contributed by atoms with Crippen LogP contribution in [0, 0.1) is 17.8 Å². The summed E-state index contributed by atoms with van der Waals surface area (Å²) in [7, 11) is 2.30. The van der Waals surface area contributed by atoms with Gasteiger partial charge in [-0.15, -0.1) is 0 Å². The second kappa shape index (κ2) is 3.02. The van der Waals surface area contributed by atoms with E-state index in [9.17, 15) is 0 Å². The molecule has 2 heterocycles. The molecule has 3 rings (SSSR count). The summed E-state index contributed by atoms with van der Waals surface area (Å²) in [5.41, 5.74) is 0. The molecule has 0 aromatic heterocycles. The summed E-state index contributed by atoms with van der Waals surface area (Å²) < 4.78 is 0. The minimum absolute atomic E-state index is 0.909. The lowest BCUT2D eigenvalue weighted by molar-refractivity contribution is 0.00421. The fraction of sp³-hybridized carbons (Fsp3) is 1.00. The first-order valence-corrected chi connectivity index (χ1v) is 5.38. The molecule has 1 saturated carbocycles. The first-order chi connectivity index (χ1) is 5.68. The second-order valence-corrected chi connectivity index (χ2v) is 5.07. The third-order valence-electron chi connectivity index (χ3n) is 4.02. The van der Waals surface area contributed by atoms with Crippen LogP contribution in [0.5, 0.6) is 0 Å². The lowest BCUT2D eigenvalue weighted by Crippen LogP contribution is -2.51. The van der Waals surface area contributed by atoms with Crippen molar-refractivity contribution in [2.24, 2.45) is 17.8 Å². The van der Waals surface area contributed by atoms with E-state index in [0.717, 1.165) is 23.8 Å². The van der Waals surface area contributed by atoms with Crippen LogP contribution in [0.4, 0.5) is 0 Å². The molecule has 1 nitrogen and oxygen atoms in total. The maximum Gasteiger partial charge on any atom is 0.00952 e. The van der Waals surface area contributed by atoms with Crippen molar-refractivity contribution in [1.29, 1.82) is 0 Å².